The molecule has 1 aromatic rings. The first-order chi connectivity index (χ1) is 6.19. The van der Waals surface area contributed by atoms with Crippen LogP contribution in [-0.2, 0) is 12.8 Å². The van der Waals surface area contributed by atoms with Gasteiger partial charge in [0, 0.05) is 6.07 Å². The highest BCUT2D eigenvalue weighted by Crippen LogP contribution is 2.17. The van der Waals surface area contributed by atoms with Gasteiger partial charge < -0.3 is 0 Å². The Bertz CT molecular complexity index is 321. The van der Waals surface area contributed by atoms with Gasteiger partial charge in [-0.1, -0.05) is 19.9 Å². The van der Waals surface area contributed by atoms with E-state index in [4.69, 9.17) is 0 Å². The van der Waals surface area contributed by atoms with E-state index in [1.165, 1.54) is 6.07 Å². The van der Waals surface area contributed by atoms with Crippen molar-refractivity contribution in [1.82, 2.24) is 0 Å². The van der Waals surface area contributed by atoms with Gasteiger partial charge >= 0.3 is 0 Å². The monoisotopic (exact) mass is 178 g/mol. The lowest BCUT2D eigenvalue weighted by Gasteiger charge is -2.03. The van der Waals surface area contributed by atoms with Crippen LogP contribution in [0.3, 0.4) is 0 Å². The number of aryl methyl sites for hydroxylation is 2. The van der Waals surface area contributed by atoms with Crippen molar-refractivity contribution < 1.29 is 4.92 Å². The molecule has 0 atom stereocenters. The molecule has 13 heavy (non-hydrogen) atoms. The van der Waals surface area contributed by atoms with Crippen molar-refractivity contribution >= 4 is 5.69 Å². The molecule has 0 aromatic heterocycles. The lowest BCUT2D eigenvalue weighted by molar-refractivity contribution is -0.385. The zero-order valence-corrected chi connectivity index (χ0v) is 7.83. The van der Waals surface area contributed by atoms with Crippen molar-refractivity contribution in [2.45, 2.75) is 26.7 Å². The fourth-order valence-electron chi connectivity index (χ4n) is 1.31. The first kappa shape index (κ1) is 9.71. The van der Waals surface area contributed by atoms with Crippen molar-refractivity contribution in [2.24, 2.45) is 0 Å². The molecule has 0 heterocycles. The molecule has 1 rings (SSSR count). The first-order valence-electron chi connectivity index (χ1n) is 4.37. The highest BCUT2D eigenvalue weighted by molar-refractivity contribution is 5.38. The molecule has 3 heteroatoms. The van der Waals surface area contributed by atoms with Gasteiger partial charge in [0.1, 0.15) is 0 Å². The minimum atomic E-state index is -0.404. The van der Waals surface area contributed by atoms with E-state index >= 15 is 0 Å². The summed E-state index contributed by atoms with van der Waals surface area (Å²) in [6.45, 7) is 4.02. The molecule has 1 aromatic carbocycles. The summed E-state index contributed by atoms with van der Waals surface area (Å²) in [4.78, 5) is 10.0. The lowest BCUT2D eigenvalue weighted by Crippen LogP contribution is -1.95. The second-order valence-electron chi connectivity index (χ2n) is 2.81. The highest BCUT2D eigenvalue weighted by Gasteiger charge is 2.08. The second kappa shape index (κ2) is 4.03. The van der Waals surface area contributed by atoms with Gasteiger partial charge in [-0.15, -0.1) is 0 Å². The van der Waals surface area contributed by atoms with Gasteiger partial charge in [-0.25, -0.2) is 0 Å². The van der Waals surface area contributed by atoms with E-state index in [0.29, 0.717) is 0 Å². The number of hydrogen-bond acceptors (Lipinski definition) is 2. The number of nitro groups is 1. The van der Waals surface area contributed by atoms with Gasteiger partial charge in [0.15, 0.2) is 0 Å². The molecule has 0 N–H and O–H groups in total. The van der Waals surface area contributed by atoms with Crippen molar-refractivity contribution in [1.29, 1.82) is 0 Å². The maximum absolute atomic E-state index is 10.4. The van der Waals surface area contributed by atoms with E-state index < -0.39 is 4.92 Å². The van der Waals surface area contributed by atoms with Crippen LogP contribution in [-0.4, -0.2) is 4.92 Å². The van der Waals surface area contributed by atoms with E-state index in [0.717, 1.165) is 24.0 Å². The Hall–Kier alpha value is -1.38. The number of non-ortho nitro benzene ring substituents is 1. The van der Waals surface area contributed by atoms with Crippen molar-refractivity contribution in [2.75, 3.05) is 0 Å². The Kier molecular flexibility index (Phi) is 3.01. The number of hydrogen-bond donors (Lipinski definition) is 0. The largest absolute Gasteiger partial charge is 0.277 e. The highest BCUT2D eigenvalue weighted by atomic mass is 16.6. The predicted octanol–water partition coefficient (Wildman–Crippen LogP) is 2.52. The summed E-state index contributed by atoms with van der Waals surface area (Å²) in [6, 6.07) is 6.14. The van der Waals surface area contributed by atoms with Crippen LogP contribution in [0.1, 0.15) is 25.0 Å². The summed E-state index contributed by atoms with van der Waals surface area (Å²) in [5, 5.41) is 10.4. The first-order valence-corrected chi connectivity index (χ1v) is 4.37. The van der Waals surface area contributed by atoms with E-state index in [1.807, 2.05) is 19.9 Å². The molecule has 0 saturated heterocycles. The van der Waals surface area contributed by atoms with Crippen LogP contribution >= 0.6 is 0 Å². The molecule has 69 valence electrons. The van der Waals surface area contributed by atoms with Crippen LogP contribution in [0.15, 0.2) is 12.1 Å². The zero-order valence-electron chi connectivity index (χ0n) is 7.83. The second-order valence-corrected chi connectivity index (χ2v) is 2.81. The minimum Gasteiger partial charge on any atom is -0.258 e. The van der Waals surface area contributed by atoms with E-state index in [9.17, 15) is 10.1 Å². The number of rotatable bonds is 3. The van der Waals surface area contributed by atoms with Crippen LogP contribution in [0.25, 0.3) is 0 Å². The fourth-order valence-corrected chi connectivity index (χ4v) is 1.31. The van der Waals surface area contributed by atoms with Gasteiger partial charge in [-0.3, -0.25) is 10.1 Å². The maximum Gasteiger partial charge on any atom is 0.277 e. The summed E-state index contributed by atoms with van der Waals surface area (Å²) < 4.78 is 0. The molecule has 0 bridgehead atoms. The predicted molar refractivity (Wildman–Crippen MR) is 50.7 cm³/mol. The smallest absolute Gasteiger partial charge is 0.258 e. The van der Waals surface area contributed by atoms with E-state index in [-0.39, 0.29) is 5.69 Å². The summed E-state index contributed by atoms with van der Waals surface area (Å²) in [5.41, 5.74) is 2.17. The molecule has 0 spiro atoms. The molecule has 0 amide bonds. The summed E-state index contributed by atoms with van der Waals surface area (Å²) >= 11 is 0. The third-order valence-electron chi connectivity index (χ3n) is 2.04. The van der Waals surface area contributed by atoms with Crippen LogP contribution in [0.4, 0.5) is 5.69 Å². The van der Waals surface area contributed by atoms with Crippen molar-refractivity contribution in [3.05, 3.63) is 39.4 Å². The fraction of sp³-hybridized carbons (Fsp3) is 0.400. The van der Waals surface area contributed by atoms with Gasteiger partial charge in [-0.05, 0) is 24.0 Å². The quantitative estimate of drug-likeness (QED) is 0.527. The Morgan fingerprint density at radius 3 is 2.54 bits per heavy atom. The number of benzene rings is 1. The summed E-state index contributed by atoms with van der Waals surface area (Å²) in [6.07, 6.45) is 1.70. The molecule has 0 aliphatic carbocycles. The molecule has 0 aliphatic rings. The minimum absolute atomic E-state index is 0.0639. The zero-order chi connectivity index (χ0) is 9.84. The third-order valence-corrected chi connectivity index (χ3v) is 2.04. The lowest BCUT2D eigenvalue weighted by atomic mass is 10.0. The SMILES string of the molecule is CCc1[c]c([N+](=O)[O-])ccc1CC. The van der Waals surface area contributed by atoms with Gasteiger partial charge in [0.05, 0.1) is 11.0 Å². The molecular weight excluding hydrogens is 166 g/mol. The van der Waals surface area contributed by atoms with E-state index in [1.54, 1.807) is 0 Å². The van der Waals surface area contributed by atoms with Gasteiger partial charge in [0.2, 0.25) is 0 Å². The average Bonchev–Trinajstić information content (AvgIpc) is 2.16. The Balaban J connectivity index is 3.13. The summed E-state index contributed by atoms with van der Waals surface area (Å²) in [7, 11) is 0. The Labute approximate surface area is 77.5 Å². The van der Waals surface area contributed by atoms with Gasteiger partial charge in [0.25, 0.3) is 5.69 Å². The third kappa shape index (κ3) is 2.05. The molecule has 0 unspecified atom stereocenters. The Morgan fingerprint density at radius 2 is 2.08 bits per heavy atom. The van der Waals surface area contributed by atoms with Crippen molar-refractivity contribution in [3.8, 4) is 0 Å². The summed E-state index contributed by atoms with van der Waals surface area (Å²) in [5.74, 6) is 0. The average molecular weight is 178 g/mol. The molecule has 0 aliphatic heterocycles. The molecule has 1 radical (unpaired) electrons. The number of nitro benzene ring substituents is 1. The molecule has 0 fully saturated rings. The standard InChI is InChI=1S/C10H12NO2/c1-3-8-5-6-10(11(12)13)7-9(8)4-2/h5-6H,3-4H2,1-2H3. The normalized spacial score (nSPS) is 10.0. The van der Waals surface area contributed by atoms with Crippen LogP contribution < -0.4 is 0 Å². The topological polar surface area (TPSA) is 43.1 Å². The van der Waals surface area contributed by atoms with Crippen molar-refractivity contribution in [3.63, 3.8) is 0 Å². The van der Waals surface area contributed by atoms with E-state index in [2.05, 4.69) is 6.07 Å². The molecular formula is C10H12NO2. The van der Waals surface area contributed by atoms with Gasteiger partial charge in [-0.2, -0.15) is 0 Å². The molecule has 0 saturated carbocycles. The van der Waals surface area contributed by atoms with Crippen LogP contribution in [0.5, 0.6) is 0 Å². The molecule has 3 nitrogen and oxygen atoms in total. The van der Waals surface area contributed by atoms with Crippen LogP contribution in [0.2, 0.25) is 0 Å². The van der Waals surface area contributed by atoms with Crippen LogP contribution in [0, 0.1) is 16.2 Å². The maximum atomic E-state index is 10.4. The number of nitrogens with zero attached hydrogens (tertiary/aromatic N) is 1. The Morgan fingerprint density at radius 1 is 1.38 bits per heavy atom.